The first kappa shape index (κ1) is 18.6. The minimum Gasteiger partial charge on any atom is -0.383 e. The van der Waals surface area contributed by atoms with Crippen molar-refractivity contribution in [2.45, 2.75) is 65.7 Å². The molecule has 1 heterocycles. The first-order valence-corrected chi connectivity index (χ1v) is 8.65. The van der Waals surface area contributed by atoms with Crippen molar-refractivity contribution in [2.75, 3.05) is 20.3 Å². The predicted molar refractivity (Wildman–Crippen MR) is 90.7 cm³/mol. The number of hydrogen-bond donors (Lipinski definition) is 1. The molecule has 0 aromatic carbocycles. The van der Waals surface area contributed by atoms with E-state index in [-0.39, 0.29) is 5.54 Å². The van der Waals surface area contributed by atoms with Gasteiger partial charge >= 0.3 is 0 Å². The zero-order valence-corrected chi connectivity index (χ0v) is 15.2. The Morgan fingerprint density at radius 2 is 2.14 bits per heavy atom. The minimum atomic E-state index is 0.132. The lowest BCUT2D eigenvalue weighted by Crippen LogP contribution is -2.35. The van der Waals surface area contributed by atoms with Crippen LogP contribution in [0.1, 0.15) is 51.7 Å². The van der Waals surface area contributed by atoms with E-state index in [2.05, 4.69) is 50.2 Å². The quantitative estimate of drug-likeness (QED) is 0.759. The van der Waals surface area contributed by atoms with E-state index in [0.29, 0.717) is 6.04 Å². The summed E-state index contributed by atoms with van der Waals surface area (Å²) in [6.45, 7) is 14.5. The molecule has 1 atom stereocenters. The van der Waals surface area contributed by atoms with Gasteiger partial charge in [-0.15, -0.1) is 11.3 Å². The Kier molecular flexibility index (Phi) is 7.81. The highest BCUT2D eigenvalue weighted by Gasteiger charge is 2.15. The molecule has 1 N–H and O–H groups in total. The van der Waals surface area contributed by atoms with Crippen LogP contribution in [0.15, 0.2) is 5.38 Å². The average molecular weight is 314 g/mol. The molecule has 5 heteroatoms. The van der Waals surface area contributed by atoms with Crippen molar-refractivity contribution in [3.05, 3.63) is 16.1 Å². The fourth-order valence-corrected chi connectivity index (χ4v) is 2.70. The van der Waals surface area contributed by atoms with Crippen LogP contribution in [0.5, 0.6) is 0 Å². The number of aromatic nitrogens is 1. The molecule has 0 aliphatic carbocycles. The summed E-state index contributed by atoms with van der Waals surface area (Å²) in [6, 6.07) is 0.554. The molecule has 1 unspecified atom stereocenters. The molecule has 0 spiro atoms. The normalized spacial score (nSPS) is 13.9. The summed E-state index contributed by atoms with van der Waals surface area (Å²) in [5.74, 6) is 0. The molecule has 0 saturated heterocycles. The summed E-state index contributed by atoms with van der Waals surface area (Å²) in [6.07, 6.45) is 1.15. The molecule has 0 saturated carbocycles. The van der Waals surface area contributed by atoms with E-state index in [1.54, 1.807) is 18.4 Å². The Labute approximate surface area is 133 Å². The molecular formula is C16H31N3OS. The number of ether oxygens (including phenoxy) is 1. The summed E-state index contributed by atoms with van der Waals surface area (Å²) >= 11 is 1.74. The predicted octanol–water partition coefficient (Wildman–Crippen LogP) is 3.28. The van der Waals surface area contributed by atoms with Gasteiger partial charge < -0.3 is 10.1 Å². The van der Waals surface area contributed by atoms with Crippen molar-refractivity contribution in [2.24, 2.45) is 0 Å². The van der Waals surface area contributed by atoms with Gasteiger partial charge in [0, 0.05) is 43.7 Å². The van der Waals surface area contributed by atoms with Crippen LogP contribution in [0.4, 0.5) is 0 Å². The van der Waals surface area contributed by atoms with Crippen molar-refractivity contribution in [1.29, 1.82) is 0 Å². The van der Waals surface area contributed by atoms with Crippen LogP contribution in [0.3, 0.4) is 0 Å². The van der Waals surface area contributed by atoms with Crippen LogP contribution < -0.4 is 5.32 Å². The summed E-state index contributed by atoms with van der Waals surface area (Å²) in [5, 5.41) is 6.83. The molecule has 0 radical (unpaired) electrons. The average Bonchev–Trinajstić information content (AvgIpc) is 2.87. The van der Waals surface area contributed by atoms with Crippen molar-refractivity contribution in [3.8, 4) is 0 Å². The Bertz CT molecular complexity index is 400. The number of nitrogens with one attached hydrogen (secondary N) is 1. The molecule has 1 rings (SSSR count). The number of hydrogen-bond acceptors (Lipinski definition) is 5. The van der Waals surface area contributed by atoms with Crippen LogP contribution in [0.25, 0.3) is 0 Å². The van der Waals surface area contributed by atoms with Gasteiger partial charge in [0.1, 0.15) is 5.01 Å². The van der Waals surface area contributed by atoms with E-state index in [9.17, 15) is 0 Å². The molecule has 21 heavy (non-hydrogen) atoms. The molecule has 1 aromatic heterocycles. The van der Waals surface area contributed by atoms with E-state index < -0.39 is 0 Å². The summed E-state index contributed by atoms with van der Waals surface area (Å²) in [4.78, 5) is 7.20. The lowest BCUT2D eigenvalue weighted by Gasteiger charge is -2.27. The highest BCUT2D eigenvalue weighted by Crippen LogP contribution is 2.15. The van der Waals surface area contributed by atoms with Gasteiger partial charge in [0.15, 0.2) is 0 Å². The van der Waals surface area contributed by atoms with E-state index >= 15 is 0 Å². The summed E-state index contributed by atoms with van der Waals surface area (Å²) in [5.41, 5.74) is 1.30. The van der Waals surface area contributed by atoms with Gasteiger partial charge in [-0.3, -0.25) is 4.90 Å². The number of methoxy groups -OCH3 is 1. The van der Waals surface area contributed by atoms with Crippen molar-refractivity contribution < 1.29 is 4.74 Å². The first-order valence-electron chi connectivity index (χ1n) is 7.77. The highest BCUT2D eigenvalue weighted by atomic mass is 32.1. The molecular weight excluding hydrogens is 282 g/mol. The van der Waals surface area contributed by atoms with Gasteiger partial charge in [-0.1, -0.05) is 6.92 Å². The van der Waals surface area contributed by atoms with Crippen LogP contribution in [-0.2, 0) is 17.8 Å². The summed E-state index contributed by atoms with van der Waals surface area (Å²) in [7, 11) is 1.76. The Hall–Kier alpha value is -0.490. The van der Waals surface area contributed by atoms with Crippen molar-refractivity contribution in [3.63, 3.8) is 0 Å². The second kappa shape index (κ2) is 8.83. The molecule has 0 fully saturated rings. The minimum absolute atomic E-state index is 0.132. The molecule has 4 nitrogen and oxygen atoms in total. The van der Waals surface area contributed by atoms with Gasteiger partial charge in [-0.25, -0.2) is 4.98 Å². The lowest BCUT2D eigenvalue weighted by atomic mass is 10.1. The van der Waals surface area contributed by atoms with E-state index in [1.165, 1.54) is 5.69 Å². The molecule has 1 aromatic rings. The number of nitrogens with zero attached hydrogens (tertiary/aromatic N) is 2. The maximum atomic E-state index is 5.22. The molecule has 122 valence electrons. The standard InChI is InChI=1S/C16H31N3OS/c1-7-13(2)19(8-9-20-6)11-14-12-21-15(18-14)10-17-16(3,4)5/h12-13,17H,7-11H2,1-6H3. The third kappa shape index (κ3) is 7.36. The van der Waals surface area contributed by atoms with Crippen LogP contribution in [0.2, 0.25) is 0 Å². The van der Waals surface area contributed by atoms with Gasteiger partial charge in [-0.2, -0.15) is 0 Å². The Balaban J connectivity index is 2.57. The Morgan fingerprint density at radius 1 is 1.43 bits per heavy atom. The van der Waals surface area contributed by atoms with E-state index in [4.69, 9.17) is 9.72 Å². The van der Waals surface area contributed by atoms with Crippen molar-refractivity contribution >= 4 is 11.3 Å². The molecule has 0 aliphatic heterocycles. The molecule has 0 bridgehead atoms. The number of thiazole rings is 1. The third-order valence-corrected chi connectivity index (χ3v) is 4.43. The maximum Gasteiger partial charge on any atom is 0.107 e. The van der Waals surface area contributed by atoms with Crippen LogP contribution >= 0.6 is 11.3 Å². The first-order chi connectivity index (χ1) is 9.85. The highest BCUT2D eigenvalue weighted by molar-refractivity contribution is 7.09. The Morgan fingerprint density at radius 3 is 2.71 bits per heavy atom. The summed E-state index contributed by atoms with van der Waals surface area (Å²) < 4.78 is 5.22. The zero-order chi connectivity index (χ0) is 15.9. The number of rotatable bonds is 9. The zero-order valence-electron chi connectivity index (χ0n) is 14.4. The molecule has 0 aliphatic rings. The van der Waals surface area contributed by atoms with Crippen LogP contribution in [-0.4, -0.2) is 41.7 Å². The van der Waals surface area contributed by atoms with Gasteiger partial charge in [-0.05, 0) is 34.1 Å². The second-order valence-corrected chi connectivity index (χ2v) is 7.50. The van der Waals surface area contributed by atoms with E-state index in [0.717, 1.165) is 37.7 Å². The smallest absolute Gasteiger partial charge is 0.107 e. The van der Waals surface area contributed by atoms with Gasteiger partial charge in [0.25, 0.3) is 0 Å². The fourth-order valence-electron chi connectivity index (χ4n) is 1.97. The van der Waals surface area contributed by atoms with Gasteiger partial charge in [0.05, 0.1) is 12.3 Å². The van der Waals surface area contributed by atoms with Crippen molar-refractivity contribution in [1.82, 2.24) is 15.2 Å². The van der Waals surface area contributed by atoms with Gasteiger partial charge in [0.2, 0.25) is 0 Å². The van der Waals surface area contributed by atoms with Crippen LogP contribution in [0, 0.1) is 0 Å². The fraction of sp³-hybridized carbons (Fsp3) is 0.812. The van der Waals surface area contributed by atoms with E-state index in [1.807, 2.05) is 0 Å². The molecule has 0 amide bonds. The monoisotopic (exact) mass is 313 g/mol. The maximum absolute atomic E-state index is 5.22. The largest absolute Gasteiger partial charge is 0.383 e. The topological polar surface area (TPSA) is 37.4 Å². The lowest BCUT2D eigenvalue weighted by molar-refractivity contribution is 0.117. The SMILES string of the molecule is CCC(C)N(CCOC)Cc1csc(CNC(C)(C)C)n1. The second-order valence-electron chi connectivity index (χ2n) is 6.56. The third-order valence-electron chi connectivity index (χ3n) is 3.53.